The summed E-state index contributed by atoms with van der Waals surface area (Å²) in [6, 6.07) is 14.9. The molecule has 0 spiro atoms. The lowest BCUT2D eigenvalue weighted by Gasteiger charge is -2.31. The van der Waals surface area contributed by atoms with E-state index in [1.54, 1.807) is 6.07 Å². The maximum atomic E-state index is 13.8. The van der Waals surface area contributed by atoms with Crippen molar-refractivity contribution in [1.29, 1.82) is 0 Å². The number of rotatable bonds is 8. The summed E-state index contributed by atoms with van der Waals surface area (Å²) in [5, 5.41) is 2.98. The van der Waals surface area contributed by atoms with Crippen molar-refractivity contribution in [2.45, 2.75) is 32.7 Å². The van der Waals surface area contributed by atoms with E-state index in [9.17, 15) is 9.18 Å². The summed E-state index contributed by atoms with van der Waals surface area (Å²) >= 11 is 0. The molecule has 0 saturated carbocycles. The fourth-order valence-electron chi connectivity index (χ4n) is 3.53. The highest BCUT2D eigenvalue weighted by molar-refractivity contribution is 5.78. The van der Waals surface area contributed by atoms with Crippen LogP contribution in [0.2, 0.25) is 0 Å². The molecular formula is C23H29FN2O2. The number of aryl methyl sites for hydroxylation is 1. The maximum Gasteiger partial charge on any atom is 0.223 e. The van der Waals surface area contributed by atoms with Crippen molar-refractivity contribution in [2.24, 2.45) is 5.92 Å². The van der Waals surface area contributed by atoms with Crippen molar-refractivity contribution >= 4 is 5.91 Å². The Balaban J connectivity index is 1.34. The molecule has 2 aromatic carbocycles. The van der Waals surface area contributed by atoms with Crippen LogP contribution in [0.25, 0.3) is 0 Å². The maximum absolute atomic E-state index is 13.8. The number of carbonyl (C=O) groups is 1. The second-order valence-electron chi connectivity index (χ2n) is 7.28. The molecule has 150 valence electrons. The minimum Gasteiger partial charge on any atom is -0.492 e. The van der Waals surface area contributed by atoms with Crippen LogP contribution in [0.1, 0.15) is 30.9 Å². The average Bonchev–Trinajstić information content (AvgIpc) is 2.73. The molecular weight excluding hydrogens is 355 g/mol. The number of nitrogens with one attached hydrogen (secondary N) is 1. The highest BCUT2D eigenvalue weighted by Gasteiger charge is 2.25. The topological polar surface area (TPSA) is 41.6 Å². The Labute approximate surface area is 166 Å². The van der Waals surface area contributed by atoms with E-state index in [2.05, 4.69) is 29.3 Å². The Kier molecular flexibility index (Phi) is 7.43. The molecule has 0 radical (unpaired) electrons. The first kappa shape index (κ1) is 20.3. The predicted octanol–water partition coefficient (Wildman–Crippen LogP) is 3.80. The number of hydrogen-bond acceptors (Lipinski definition) is 3. The van der Waals surface area contributed by atoms with Gasteiger partial charge in [-0.2, -0.15) is 0 Å². The van der Waals surface area contributed by atoms with E-state index in [1.807, 2.05) is 24.3 Å². The molecule has 1 amide bonds. The summed E-state index contributed by atoms with van der Waals surface area (Å²) < 4.78 is 19.5. The third-order valence-electron chi connectivity index (χ3n) is 5.31. The number of benzene rings is 2. The molecule has 0 atom stereocenters. The Bertz CT molecular complexity index is 755. The minimum absolute atomic E-state index is 0.0284. The quantitative estimate of drug-likeness (QED) is 0.704. The molecule has 0 bridgehead atoms. The zero-order valence-electron chi connectivity index (χ0n) is 16.5. The van der Waals surface area contributed by atoms with Crippen molar-refractivity contribution < 1.29 is 13.9 Å². The van der Waals surface area contributed by atoms with Crippen molar-refractivity contribution in [2.75, 3.05) is 26.2 Å². The molecule has 3 rings (SSSR count). The van der Waals surface area contributed by atoms with Gasteiger partial charge in [0.1, 0.15) is 18.2 Å². The van der Waals surface area contributed by atoms with Gasteiger partial charge in [-0.1, -0.05) is 37.3 Å². The van der Waals surface area contributed by atoms with Crippen LogP contribution in [0.15, 0.2) is 48.5 Å². The first-order chi connectivity index (χ1) is 13.7. The molecule has 28 heavy (non-hydrogen) atoms. The number of nitrogens with zero attached hydrogens (tertiary/aromatic N) is 1. The lowest BCUT2D eigenvalue weighted by atomic mass is 9.95. The Morgan fingerprint density at radius 2 is 1.86 bits per heavy atom. The summed E-state index contributed by atoms with van der Waals surface area (Å²) in [5.74, 6) is 0.788. The standard InChI is InChI=1S/C23H29FN2O2/c1-2-18-7-9-21(10-8-18)28-16-13-25-23(27)19-11-14-26(15-12-19)17-20-5-3-4-6-22(20)24/h3-10,19H,2,11-17H2,1H3,(H,25,27). The van der Waals surface area contributed by atoms with Crippen LogP contribution in [0.4, 0.5) is 4.39 Å². The molecule has 4 nitrogen and oxygen atoms in total. The minimum atomic E-state index is -0.160. The Morgan fingerprint density at radius 1 is 1.14 bits per heavy atom. The Hall–Kier alpha value is -2.40. The molecule has 5 heteroatoms. The van der Waals surface area contributed by atoms with Gasteiger partial charge >= 0.3 is 0 Å². The zero-order chi connectivity index (χ0) is 19.8. The van der Waals surface area contributed by atoms with E-state index >= 15 is 0 Å². The van der Waals surface area contributed by atoms with Gasteiger partial charge in [-0.05, 0) is 56.1 Å². The number of halogens is 1. The number of ether oxygens (including phenoxy) is 1. The van der Waals surface area contributed by atoms with Gasteiger partial charge in [0, 0.05) is 18.0 Å². The smallest absolute Gasteiger partial charge is 0.223 e. The van der Waals surface area contributed by atoms with Crippen molar-refractivity contribution in [1.82, 2.24) is 10.2 Å². The second kappa shape index (κ2) is 10.2. The fourth-order valence-corrected chi connectivity index (χ4v) is 3.53. The summed E-state index contributed by atoms with van der Waals surface area (Å²) in [6.07, 6.45) is 2.62. The van der Waals surface area contributed by atoms with E-state index in [1.165, 1.54) is 11.6 Å². The van der Waals surface area contributed by atoms with Crippen LogP contribution in [-0.2, 0) is 17.8 Å². The van der Waals surface area contributed by atoms with Gasteiger partial charge in [0.25, 0.3) is 0 Å². The normalized spacial score (nSPS) is 15.4. The van der Waals surface area contributed by atoms with Crippen LogP contribution in [0, 0.1) is 11.7 Å². The third-order valence-corrected chi connectivity index (χ3v) is 5.31. The summed E-state index contributed by atoms with van der Waals surface area (Å²) in [4.78, 5) is 14.6. The number of piperidine rings is 1. The van der Waals surface area contributed by atoms with E-state index < -0.39 is 0 Å². The highest BCUT2D eigenvalue weighted by atomic mass is 19.1. The summed E-state index contributed by atoms with van der Waals surface area (Å²) in [7, 11) is 0. The van der Waals surface area contributed by atoms with Gasteiger partial charge in [-0.15, -0.1) is 0 Å². The van der Waals surface area contributed by atoms with Gasteiger partial charge in [0.15, 0.2) is 0 Å². The first-order valence-electron chi connectivity index (χ1n) is 10.1. The zero-order valence-corrected chi connectivity index (χ0v) is 16.5. The molecule has 1 heterocycles. The summed E-state index contributed by atoms with van der Waals surface area (Å²) in [5.41, 5.74) is 2.00. The number of hydrogen-bond donors (Lipinski definition) is 1. The van der Waals surface area contributed by atoms with E-state index in [4.69, 9.17) is 4.74 Å². The molecule has 0 aliphatic carbocycles. The van der Waals surface area contributed by atoms with E-state index in [-0.39, 0.29) is 17.6 Å². The average molecular weight is 384 g/mol. The molecule has 1 N–H and O–H groups in total. The van der Waals surface area contributed by atoms with Gasteiger partial charge in [0.05, 0.1) is 6.54 Å². The van der Waals surface area contributed by atoms with Crippen molar-refractivity contribution in [3.8, 4) is 5.75 Å². The molecule has 1 fully saturated rings. The molecule has 1 aliphatic heterocycles. The van der Waals surface area contributed by atoms with Crippen LogP contribution in [0.5, 0.6) is 5.75 Å². The van der Waals surface area contributed by atoms with Gasteiger partial charge in [-0.25, -0.2) is 4.39 Å². The van der Waals surface area contributed by atoms with Crippen LogP contribution in [0.3, 0.4) is 0 Å². The van der Waals surface area contributed by atoms with E-state index in [0.29, 0.717) is 19.7 Å². The van der Waals surface area contributed by atoms with Crippen LogP contribution < -0.4 is 10.1 Å². The Morgan fingerprint density at radius 3 is 2.54 bits per heavy atom. The number of carbonyl (C=O) groups excluding carboxylic acids is 1. The molecule has 0 aromatic heterocycles. The van der Waals surface area contributed by atoms with Gasteiger partial charge in [0.2, 0.25) is 5.91 Å². The molecule has 0 unspecified atom stereocenters. The first-order valence-corrected chi connectivity index (χ1v) is 10.1. The number of amides is 1. The largest absolute Gasteiger partial charge is 0.492 e. The molecule has 1 saturated heterocycles. The monoisotopic (exact) mass is 384 g/mol. The second-order valence-corrected chi connectivity index (χ2v) is 7.28. The van der Waals surface area contributed by atoms with Gasteiger partial charge < -0.3 is 10.1 Å². The predicted molar refractivity (Wildman–Crippen MR) is 109 cm³/mol. The van der Waals surface area contributed by atoms with Crippen LogP contribution in [-0.4, -0.2) is 37.0 Å². The molecule has 2 aromatic rings. The van der Waals surface area contributed by atoms with Crippen molar-refractivity contribution in [3.05, 3.63) is 65.5 Å². The highest BCUT2D eigenvalue weighted by Crippen LogP contribution is 2.20. The lowest BCUT2D eigenvalue weighted by molar-refractivity contribution is -0.126. The van der Waals surface area contributed by atoms with Crippen LogP contribution >= 0.6 is 0 Å². The SMILES string of the molecule is CCc1ccc(OCCNC(=O)C2CCN(Cc3ccccc3F)CC2)cc1. The van der Waals surface area contributed by atoms with Gasteiger partial charge in [-0.3, -0.25) is 9.69 Å². The van der Waals surface area contributed by atoms with Crippen molar-refractivity contribution in [3.63, 3.8) is 0 Å². The molecule has 1 aliphatic rings. The third kappa shape index (κ3) is 5.80. The van der Waals surface area contributed by atoms with E-state index in [0.717, 1.165) is 43.7 Å². The number of likely N-dealkylation sites (tertiary alicyclic amines) is 1. The fraction of sp³-hybridized carbons (Fsp3) is 0.435. The summed E-state index contributed by atoms with van der Waals surface area (Å²) in [6.45, 7) is 5.31. The lowest BCUT2D eigenvalue weighted by Crippen LogP contribution is -2.41.